The van der Waals surface area contributed by atoms with Crippen LogP contribution in [0.25, 0.3) is 0 Å². The molecule has 0 fully saturated rings. The number of hydrogen-bond donors (Lipinski definition) is 2. The zero-order chi connectivity index (χ0) is 21.7. The van der Waals surface area contributed by atoms with Crippen LogP contribution in [0.3, 0.4) is 0 Å². The first-order chi connectivity index (χ1) is 13.5. The summed E-state index contributed by atoms with van der Waals surface area (Å²) in [5.74, 6) is 0.516. The highest BCUT2D eigenvalue weighted by molar-refractivity contribution is 14.0. The Kier molecular flexibility index (Phi) is 10.0. The number of hydrogen-bond acceptors (Lipinski definition) is 4. The zero-order valence-corrected chi connectivity index (χ0v) is 20.6. The number of halogens is 4. The van der Waals surface area contributed by atoms with Crippen molar-refractivity contribution in [2.24, 2.45) is 4.99 Å². The summed E-state index contributed by atoms with van der Waals surface area (Å²) in [5, 5.41) is 6.17. The molecule has 2 rings (SSSR count). The topological polar surface area (TPSA) is 73.8 Å². The Hall–Kier alpha value is -1.38. The van der Waals surface area contributed by atoms with Crippen LogP contribution in [0.2, 0.25) is 0 Å². The molecule has 1 aromatic carbocycles. The van der Waals surface area contributed by atoms with Gasteiger partial charge in [0.25, 0.3) is 10.0 Å². The summed E-state index contributed by atoms with van der Waals surface area (Å²) in [6.45, 7) is 0.878. The van der Waals surface area contributed by atoms with Gasteiger partial charge in [0.2, 0.25) is 0 Å². The highest BCUT2D eigenvalue weighted by Crippen LogP contribution is 2.29. The number of alkyl halides is 3. The molecule has 2 aromatic rings. The Balaban J connectivity index is 0.00000450. The number of aliphatic imine (C=N–C) groups is 1. The monoisotopic (exact) mass is 576 g/mol. The van der Waals surface area contributed by atoms with Gasteiger partial charge in [-0.2, -0.15) is 13.2 Å². The van der Waals surface area contributed by atoms with E-state index in [0.29, 0.717) is 25.5 Å². The summed E-state index contributed by atoms with van der Waals surface area (Å²) in [7, 11) is 1.11. The minimum absolute atomic E-state index is 0. The van der Waals surface area contributed by atoms with E-state index in [-0.39, 0.29) is 28.2 Å². The molecule has 168 valence electrons. The summed E-state index contributed by atoms with van der Waals surface area (Å²) in [5.41, 5.74) is 0.107. The lowest BCUT2D eigenvalue weighted by atomic mass is 10.1. The van der Waals surface area contributed by atoms with Gasteiger partial charge in [0.1, 0.15) is 4.21 Å². The molecule has 0 aliphatic heterocycles. The molecular formula is C18H24F3IN4O2S2. The number of rotatable bonds is 7. The van der Waals surface area contributed by atoms with Crippen LogP contribution in [0, 0.1) is 0 Å². The summed E-state index contributed by atoms with van der Waals surface area (Å²) >= 11 is 1.18. The minimum Gasteiger partial charge on any atom is -0.356 e. The van der Waals surface area contributed by atoms with Crippen molar-refractivity contribution in [3.05, 3.63) is 52.4 Å². The van der Waals surface area contributed by atoms with E-state index in [4.69, 9.17) is 0 Å². The number of thiophene rings is 1. The van der Waals surface area contributed by atoms with Gasteiger partial charge in [0.15, 0.2) is 5.96 Å². The van der Waals surface area contributed by atoms with Crippen molar-refractivity contribution < 1.29 is 21.6 Å². The van der Waals surface area contributed by atoms with Crippen LogP contribution in [0.1, 0.15) is 16.0 Å². The second-order valence-electron chi connectivity index (χ2n) is 6.31. The van der Waals surface area contributed by atoms with Crippen LogP contribution in [0.4, 0.5) is 13.2 Å². The number of guanidine groups is 1. The first-order valence-electron chi connectivity index (χ1n) is 8.66. The third-order valence-electron chi connectivity index (χ3n) is 4.01. The minimum atomic E-state index is -4.34. The van der Waals surface area contributed by atoms with E-state index in [2.05, 4.69) is 15.6 Å². The SMILES string of the molecule is CN=C(NCCc1ccc(C(F)(F)F)cc1)NCc1ccc(S(=O)(=O)N(C)C)s1.I. The molecule has 1 aromatic heterocycles. The van der Waals surface area contributed by atoms with Crippen molar-refractivity contribution in [3.63, 3.8) is 0 Å². The normalized spacial score (nSPS) is 12.6. The summed E-state index contributed by atoms with van der Waals surface area (Å²) in [6, 6.07) is 8.36. The van der Waals surface area contributed by atoms with Crippen LogP contribution in [0.15, 0.2) is 45.6 Å². The molecule has 0 unspecified atom stereocenters. The fraction of sp³-hybridized carbons (Fsp3) is 0.389. The lowest BCUT2D eigenvalue weighted by Crippen LogP contribution is -2.37. The van der Waals surface area contributed by atoms with Gasteiger partial charge in [-0.25, -0.2) is 12.7 Å². The Labute approximate surface area is 195 Å². The Morgan fingerprint density at radius 2 is 1.73 bits per heavy atom. The third kappa shape index (κ3) is 7.39. The lowest BCUT2D eigenvalue weighted by molar-refractivity contribution is -0.137. The predicted molar refractivity (Wildman–Crippen MR) is 124 cm³/mol. The second kappa shape index (κ2) is 11.3. The molecule has 0 bridgehead atoms. The van der Waals surface area contributed by atoms with E-state index < -0.39 is 21.8 Å². The van der Waals surface area contributed by atoms with E-state index in [1.165, 1.54) is 37.6 Å². The lowest BCUT2D eigenvalue weighted by Gasteiger charge is -2.12. The molecule has 6 nitrogen and oxygen atoms in total. The highest BCUT2D eigenvalue weighted by atomic mass is 127. The van der Waals surface area contributed by atoms with Crippen molar-refractivity contribution in [2.75, 3.05) is 27.7 Å². The van der Waals surface area contributed by atoms with Crippen LogP contribution >= 0.6 is 35.3 Å². The molecular weight excluding hydrogens is 552 g/mol. The van der Waals surface area contributed by atoms with Crippen molar-refractivity contribution in [2.45, 2.75) is 23.4 Å². The predicted octanol–water partition coefficient (Wildman–Crippen LogP) is 3.54. The van der Waals surface area contributed by atoms with E-state index in [9.17, 15) is 21.6 Å². The molecule has 0 spiro atoms. The molecule has 0 atom stereocenters. The Morgan fingerprint density at radius 1 is 1.10 bits per heavy atom. The highest BCUT2D eigenvalue weighted by Gasteiger charge is 2.29. The fourth-order valence-corrected chi connectivity index (χ4v) is 4.81. The van der Waals surface area contributed by atoms with E-state index in [1.807, 2.05) is 0 Å². The van der Waals surface area contributed by atoms with Gasteiger partial charge in [-0.3, -0.25) is 4.99 Å². The van der Waals surface area contributed by atoms with Crippen LogP contribution in [-0.2, 0) is 29.2 Å². The third-order valence-corrected chi connectivity index (χ3v) is 7.38. The van der Waals surface area contributed by atoms with Gasteiger partial charge < -0.3 is 10.6 Å². The van der Waals surface area contributed by atoms with Gasteiger partial charge in [0, 0.05) is 32.6 Å². The number of nitrogens with one attached hydrogen (secondary N) is 2. The Bertz CT molecular complexity index is 943. The summed E-state index contributed by atoms with van der Waals surface area (Å²) in [6.07, 6.45) is -3.81. The zero-order valence-electron chi connectivity index (χ0n) is 16.7. The van der Waals surface area contributed by atoms with Gasteiger partial charge >= 0.3 is 6.18 Å². The first-order valence-corrected chi connectivity index (χ1v) is 10.9. The molecule has 0 saturated heterocycles. The molecule has 2 N–H and O–H groups in total. The molecule has 0 aliphatic rings. The fourth-order valence-electron chi connectivity index (χ4n) is 2.35. The summed E-state index contributed by atoms with van der Waals surface area (Å²) < 4.78 is 63.4. The standard InChI is InChI=1S/C18H23F3N4O2S2.HI/c1-22-17(23-11-10-13-4-6-14(7-5-13)18(19,20)21)24-12-15-8-9-16(28-15)29(26,27)25(2)3;/h4-9H,10-12H2,1-3H3,(H2,22,23,24);1H. The molecule has 0 amide bonds. The van der Waals surface area contributed by atoms with Crippen molar-refractivity contribution in [1.29, 1.82) is 0 Å². The maximum atomic E-state index is 12.6. The van der Waals surface area contributed by atoms with Gasteiger partial charge in [-0.15, -0.1) is 35.3 Å². The van der Waals surface area contributed by atoms with E-state index >= 15 is 0 Å². The van der Waals surface area contributed by atoms with E-state index in [0.717, 1.165) is 26.9 Å². The van der Waals surface area contributed by atoms with Gasteiger partial charge in [0.05, 0.1) is 12.1 Å². The smallest absolute Gasteiger partial charge is 0.356 e. The van der Waals surface area contributed by atoms with E-state index in [1.54, 1.807) is 19.2 Å². The average Bonchev–Trinajstić information content (AvgIpc) is 3.14. The van der Waals surface area contributed by atoms with Crippen LogP contribution < -0.4 is 10.6 Å². The number of nitrogens with zero attached hydrogens (tertiary/aromatic N) is 2. The number of benzene rings is 1. The van der Waals surface area contributed by atoms with Crippen molar-refractivity contribution in [1.82, 2.24) is 14.9 Å². The first kappa shape index (κ1) is 26.7. The largest absolute Gasteiger partial charge is 0.416 e. The quantitative estimate of drug-likeness (QED) is 0.301. The Morgan fingerprint density at radius 3 is 2.27 bits per heavy atom. The molecule has 12 heteroatoms. The van der Waals surface area contributed by atoms with Gasteiger partial charge in [-0.05, 0) is 36.2 Å². The molecule has 1 heterocycles. The van der Waals surface area contributed by atoms with Crippen molar-refractivity contribution >= 4 is 51.3 Å². The average molecular weight is 576 g/mol. The van der Waals surface area contributed by atoms with Crippen molar-refractivity contribution in [3.8, 4) is 0 Å². The molecule has 0 aliphatic carbocycles. The summed E-state index contributed by atoms with van der Waals surface area (Å²) in [4.78, 5) is 4.92. The van der Waals surface area contributed by atoms with Gasteiger partial charge in [-0.1, -0.05) is 12.1 Å². The number of sulfonamides is 1. The maximum absolute atomic E-state index is 12.6. The maximum Gasteiger partial charge on any atom is 0.416 e. The molecule has 0 radical (unpaired) electrons. The molecule has 30 heavy (non-hydrogen) atoms. The molecule has 0 saturated carbocycles. The van der Waals surface area contributed by atoms with Crippen LogP contribution in [0.5, 0.6) is 0 Å². The second-order valence-corrected chi connectivity index (χ2v) is 9.85. The van der Waals surface area contributed by atoms with Crippen LogP contribution in [-0.4, -0.2) is 46.4 Å².